The number of phenolic OH excluding ortho intramolecular Hbond substituents is 1. The van der Waals surface area contributed by atoms with E-state index in [0.717, 1.165) is 0 Å². The van der Waals surface area contributed by atoms with E-state index in [-0.39, 0.29) is 17.1 Å². The number of hydrogen-bond donors (Lipinski definition) is 2. The quantitative estimate of drug-likeness (QED) is 0.414. The summed E-state index contributed by atoms with van der Waals surface area (Å²) in [6, 6.07) is 12.3. The van der Waals surface area contributed by atoms with E-state index in [1.807, 2.05) is 25.9 Å². The van der Waals surface area contributed by atoms with Crippen molar-refractivity contribution in [3.05, 3.63) is 65.2 Å². The van der Waals surface area contributed by atoms with Gasteiger partial charge in [0, 0.05) is 18.7 Å². The number of phenols is 1. The van der Waals surface area contributed by atoms with Crippen LogP contribution in [0.15, 0.2) is 54.1 Å². The highest BCUT2D eigenvalue weighted by Crippen LogP contribution is 2.40. The number of aliphatic hydroxyl groups is 1. The maximum atomic E-state index is 12.9. The van der Waals surface area contributed by atoms with Crippen molar-refractivity contribution in [1.29, 1.82) is 0 Å². The summed E-state index contributed by atoms with van der Waals surface area (Å²) in [6.45, 7) is 3.24. The number of aliphatic hydroxyl groups excluding tert-OH is 1. The lowest BCUT2D eigenvalue weighted by Gasteiger charge is -2.26. The molecule has 1 fully saturated rings. The molecule has 0 saturated carbocycles. The lowest BCUT2D eigenvalue weighted by Crippen LogP contribution is -2.35. The number of carbonyl (C=O) groups is 2. The average Bonchev–Trinajstić information content (AvgIpc) is 2.97. The molecule has 1 aliphatic heterocycles. The van der Waals surface area contributed by atoms with E-state index < -0.39 is 17.7 Å². The molecular weight excluding hydrogens is 384 g/mol. The lowest BCUT2D eigenvalue weighted by atomic mass is 9.95. The number of Topliss-reactive ketones (excluding diaryl/α,β-unsaturated/α-hetero) is 1. The number of benzene rings is 2. The second-order valence-corrected chi connectivity index (χ2v) is 7.35. The molecule has 2 aromatic rings. The monoisotopic (exact) mass is 410 g/mol. The summed E-state index contributed by atoms with van der Waals surface area (Å²) < 4.78 is 5.42. The molecule has 0 radical (unpaired) electrons. The number of carbonyl (C=O) groups excluding carboxylic acids is 2. The van der Waals surface area contributed by atoms with Crippen molar-refractivity contribution < 1.29 is 24.5 Å². The smallest absolute Gasteiger partial charge is 0.295 e. The van der Waals surface area contributed by atoms with Crippen molar-refractivity contribution in [1.82, 2.24) is 9.80 Å². The van der Waals surface area contributed by atoms with Crippen molar-refractivity contribution in [2.24, 2.45) is 0 Å². The van der Waals surface area contributed by atoms with Crippen LogP contribution < -0.4 is 4.74 Å². The summed E-state index contributed by atoms with van der Waals surface area (Å²) >= 11 is 0. The molecule has 0 aliphatic carbocycles. The van der Waals surface area contributed by atoms with Crippen molar-refractivity contribution in [2.75, 3.05) is 33.8 Å². The van der Waals surface area contributed by atoms with E-state index in [1.54, 1.807) is 36.4 Å². The molecule has 0 aromatic heterocycles. The van der Waals surface area contributed by atoms with Gasteiger partial charge in [0.15, 0.2) is 0 Å². The fraction of sp³-hybridized carbons (Fsp3) is 0.304. The van der Waals surface area contributed by atoms with Gasteiger partial charge in [-0.25, -0.2) is 0 Å². The Labute approximate surface area is 175 Å². The fourth-order valence-corrected chi connectivity index (χ4v) is 3.49. The number of likely N-dealkylation sites (N-methyl/N-ethyl adjacent to an activating group) is 1. The van der Waals surface area contributed by atoms with Crippen LogP contribution in [0.4, 0.5) is 0 Å². The molecular formula is C23H26N2O5. The molecule has 0 spiro atoms. The van der Waals surface area contributed by atoms with Gasteiger partial charge in [0.05, 0.1) is 18.2 Å². The van der Waals surface area contributed by atoms with Crippen LogP contribution in [-0.4, -0.2) is 65.5 Å². The minimum atomic E-state index is -0.788. The zero-order valence-corrected chi connectivity index (χ0v) is 17.3. The van der Waals surface area contributed by atoms with Crippen molar-refractivity contribution in [2.45, 2.75) is 13.0 Å². The maximum absolute atomic E-state index is 12.9. The van der Waals surface area contributed by atoms with Gasteiger partial charge >= 0.3 is 0 Å². The third-order valence-corrected chi connectivity index (χ3v) is 4.95. The van der Waals surface area contributed by atoms with Crippen LogP contribution in [0.1, 0.15) is 24.1 Å². The number of nitrogens with zero attached hydrogens (tertiary/aromatic N) is 2. The van der Waals surface area contributed by atoms with Crippen LogP contribution in [0.2, 0.25) is 0 Å². The van der Waals surface area contributed by atoms with Gasteiger partial charge in [-0.15, -0.1) is 0 Å². The van der Waals surface area contributed by atoms with Gasteiger partial charge in [-0.2, -0.15) is 0 Å². The Morgan fingerprint density at radius 2 is 1.83 bits per heavy atom. The van der Waals surface area contributed by atoms with Crippen LogP contribution >= 0.6 is 0 Å². The molecule has 158 valence electrons. The van der Waals surface area contributed by atoms with Crippen LogP contribution in [0.25, 0.3) is 5.76 Å². The molecule has 7 heteroatoms. The molecule has 2 N–H and O–H groups in total. The van der Waals surface area contributed by atoms with Crippen molar-refractivity contribution in [3.63, 3.8) is 0 Å². The van der Waals surface area contributed by atoms with Crippen molar-refractivity contribution in [3.8, 4) is 11.5 Å². The summed E-state index contributed by atoms with van der Waals surface area (Å²) in [4.78, 5) is 29.1. The Morgan fingerprint density at radius 1 is 1.13 bits per heavy atom. The summed E-state index contributed by atoms with van der Waals surface area (Å²) in [5, 5.41) is 20.9. The molecule has 30 heavy (non-hydrogen) atoms. The zero-order valence-electron chi connectivity index (χ0n) is 17.3. The third kappa shape index (κ3) is 4.31. The molecule has 1 amide bonds. The summed E-state index contributed by atoms with van der Waals surface area (Å²) in [5.74, 6) is -1.000. The van der Waals surface area contributed by atoms with E-state index in [1.165, 1.54) is 17.0 Å². The van der Waals surface area contributed by atoms with Gasteiger partial charge < -0.3 is 24.7 Å². The third-order valence-electron chi connectivity index (χ3n) is 4.95. The standard InChI is InChI=1S/C23H26N2O5/c1-4-30-18-10-8-15(9-11-18)21(27)19-20(16-6-5-7-17(26)14-16)25(13-12-24(2)3)23(29)22(19)28/h5-11,14,20,26-27H,4,12-13H2,1-3H3/b21-19-. The number of amides is 1. The highest BCUT2D eigenvalue weighted by molar-refractivity contribution is 6.46. The molecule has 1 heterocycles. The van der Waals surface area contributed by atoms with Gasteiger partial charge in [0.1, 0.15) is 17.3 Å². The second kappa shape index (κ2) is 9.00. The van der Waals surface area contributed by atoms with Gasteiger partial charge in [-0.3, -0.25) is 9.59 Å². The minimum Gasteiger partial charge on any atom is -0.508 e. The van der Waals surface area contributed by atoms with E-state index >= 15 is 0 Å². The number of likely N-dealkylation sites (tertiary alicyclic amines) is 1. The normalized spacial score (nSPS) is 18.3. The molecule has 1 unspecified atom stereocenters. The summed E-state index contributed by atoms with van der Waals surface area (Å²) in [6.07, 6.45) is 0. The lowest BCUT2D eigenvalue weighted by molar-refractivity contribution is -0.140. The van der Waals surface area contributed by atoms with E-state index in [2.05, 4.69) is 0 Å². The first-order valence-corrected chi connectivity index (χ1v) is 9.78. The SMILES string of the molecule is CCOc1ccc(/C(O)=C2/C(=O)C(=O)N(CCN(C)C)C2c2cccc(O)c2)cc1. The minimum absolute atomic E-state index is 0.00789. The first-order valence-electron chi connectivity index (χ1n) is 9.78. The highest BCUT2D eigenvalue weighted by atomic mass is 16.5. The van der Waals surface area contributed by atoms with Gasteiger partial charge in [0.2, 0.25) is 0 Å². The Kier molecular flexibility index (Phi) is 6.42. The first-order chi connectivity index (χ1) is 14.3. The predicted molar refractivity (Wildman–Crippen MR) is 113 cm³/mol. The van der Waals surface area contributed by atoms with Crippen LogP contribution in [-0.2, 0) is 9.59 Å². The predicted octanol–water partition coefficient (Wildman–Crippen LogP) is 2.77. The van der Waals surface area contributed by atoms with Gasteiger partial charge in [-0.05, 0) is 63.0 Å². The molecule has 1 saturated heterocycles. The molecule has 1 atom stereocenters. The summed E-state index contributed by atoms with van der Waals surface area (Å²) in [7, 11) is 3.75. The first kappa shape index (κ1) is 21.4. The maximum Gasteiger partial charge on any atom is 0.295 e. The Hall–Kier alpha value is -3.32. The Balaban J connectivity index is 2.10. The van der Waals surface area contributed by atoms with E-state index in [0.29, 0.717) is 36.6 Å². The van der Waals surface area contributed by atoms with E-state index in [4.69, 9.17) is 4.74 Å². The van der Waals surface area contributed by atoms with E-state index in [9.17, 15) is 19.8 Å². The highest BCUT2D eigenvalue weighted by Gasteiger charge is 2.45. The zero-order chi connectivity index (χ0) is 21.8. The van der Waals surface area contributed by atoms with Crippen LogP contribution in [0, 0.1) is 0 Å². The van der Waals surface area contributed by atoms with Gasteiger partial charge in [0.25, 0.3) is 11.7 Å². The fourth-order valence-electron chi connectivity index (χ4n) is 3.49. The Bertz CT molecular complexity index is 966. The second-order valence-electron chi connectivity index (χ2n) is 7.35. The molecule has 7 nitrogen and oxygen atoms in total. The molecule has 0 bridgehead atoms. The number of rotatable bonds is 7. The number of ether oxygens (including phenoxy) is 1. The number of aromatic hydroxyl groups is 1. The number of hydrogen-bond acceptors (Lipinski definition) is 6. The number of ketones is 1. The van der Waals surface area contributed by atoms with Crippen LogP contribution in [0.5, 0.6) is 11.5 Å². The van der Waals surface area contributed by atoms with Crippen molar-refractivity contribution >= 4 is 17.4 Å². The molecule has 3 rings (SSSR count). The van der Waals surface area contributed by atoms with Gasteiger partial charge in [-0.1, -0.05) is 12.1 Å². The topological polar surface area (TPSA) is 90.3 Å². The molecule has 2 aromatic carbocycles. The largest absolute Gasteiger partial charge is 0.508 e. The summed E-state index contributed by atoms with van der Waals surface area (Å²) in [5.41, 5.74) is 0.975. The Morgan fingerprint density at radius 3 is 2.43 bits per heavy atom. The van der Waals surface area contributed by atoms with Crippen LogP contribution in [0.3, 0.4) is 0 Å². The molecule has 1 aliphatic rings. The average molecular weight is 410 g/mol.